The van der Waals surface area contributed by atoms with E-state index in [1.54, 1.807) is 0 Å². The number of rotatable bonds is 2. The van der Waals surface area contributed by atoms with Crippen molar-refractivity contribution in [1.29, 1.82) is 5.26 Å². The van der Waals surface area contributed by atoms with Crippen LogP contribution in [0, 0.1) is 14.2 Å². The predicted molar refractivity (Wildman–Crippen MR) is 73.8 cm³/mol. The van der Waals surface area contributed by atoms with Crippen LogP contribution in [0.25, 0.3) is 0 Å². The number of aromatic nitrogens is 1. The fraction of sp³-hybridized carbons (Fsp3) is 0.0909. The minimum atomic E-state index is 0.680. The maximum atomic E-state index is 9.00. The summed E-state index contributed by atoms with van der Waals surface area (Å²) in [5.74, 6) is 0. The summed E-state index contributed by atoms with van der Waals surface area (Å²) in [6, 6.07) is 9.79. The van der Waals surface area contributed by atoms with Gasteiger partial charge in [0.2, 0.25) is 0 Å². The number of benzene rings is 1. The number of hydrogen-bond donors (Lipinski definition) is 0. The molecule has 0 atom stereocenters. The molecule has 2 rings (SSSR count). The lowest BCUT2D eigenvalue weighted by atomic mass is 10.1. The first-order chi connectivity index (χ1) is 7.70. The molecule has 80 valence electrons. The lowest BCUT2D eigenvalue weighted by molar-refractivity contribution is 1.12. The average Bonchev–Trinajstić information content (AvgIpc) is 2.63. The maximum absolute atomic E-state index is 9.00. The minimum absolute atomic E-state index is 0.680. The first-order valence-corrected chi connectivity index (χ1v) is 6.72. The molecule has 0 aliphatic carbocycles. The molecule has 0 amide bonds. The predicted octanol–water partition coefficient (Wildman–Crippen LogP) is 3.86. The van der Waals surface area contributed by atoms with Gasteiger partial charge in [0.05, 0.1) is 11.3 Å². The molecule has 1 aromatic heterocycles. The summed E-state index contributed by atoms with van der Waals surface area (Å²) in [7, 11) is 0. The van der Waals surface area contributed by atoms with Gasteiger partial charge in [-0.2, -0.15) is 9.64 Å². The highest BCUT2D eigenvalue weighted by Crippen LogP contribution is 2.22. The van der Waals surface area contributed by atoms with E-state index in [0.717, 1.165) is 19.2 Å². The van der Waals surface area contributed by atoms with Crippen molar-refractivity contribution in [2.45, 2.75) is 6.42 Å². The summed E-state index contributed by atoms with van der Waals surface area (Å²) in [4.78, 5) is 0. The molecule has 0 N–H and O–H groups in total. The van der Waals surface area contributed by atoms with E-state index in [9.17, 15) is 0 Å². The van der Waals surface area contributed by atoms with Crippen molar-refractivity contribution >= 4 is 45.7 Å². The Morgan fingerprint density at radius 2 is 2.06 bits per heavy atom. The van der Waals surface area contributed by atoms with Crippen LogP contribution in [-0.4, -0.2) is 4.37 Å². The second-order valence-electron chi connectivity index (χ2n) is 3.19. The van der Waals surface area contributed by atoms with E-state index in [2.05, 4.69) is 33.0 Å². The fourth-order valence-corrected chi connectivity index (χ4v) is 2.78. The van der Waals surface area contributed by atoms with Crippen LogP contribution in [0.3, 0.4) is 0 Å². The monoisotopic (exact) mass is 360 g/mol. The van der Waals surface area contributed by atoms with Crippen LogP contribution in [0.4, 0.5) is 0 Å². The van der Waals surface area contributed by atoms with E-state index in [0.29, 0.717) is 12.0 Å². The van der Waals surface area contributed by atoms with E-state index < -0.39 is 0 Å². The molecule has 2 nitrogen and oxygen atoms in total. The first-order valence-electron chi connectivity index (χ1n) is 4.49. The quantitative estimate of drug-likeness (QED) is 0.763. The van der Waals surface area contributed by atoms with Gasteiger partial charge in [0.1, 0.15) is 8.95 Å². The molecule has 0 bridgehead atoms. The molecule has 0 aliphatic heterocycles. The summed E-state index contributed by atoms with van der Waals surface area (Å²) in [5, 5.41) is 9.72. The number of nitrogens with zero attached hydrogens (tertiary/aromatic N) is 2. The second kappa shape index (κ2) is 5.13. The van der Waals surface area contributed by atoms with E-state index in [-0.39, 0.29) is 0 Å². The van der Waals surface area contributed by atoms with Crippen LogP contribution in [-0.2, 0) is 6.42 Å². The van der Waals surface area contributed by atoms with Crippen LogP contribution >= 0.6 is 45.7 Å². The lowest BCUT2D eigenvalue weighted by Gasteiger charge is -1.98. The molecule has 0 saturated heterocycles. The SMILES string of the molecule is N#Cc1c(Cc2ccc(Cl)cc2)nsc1I. The van der Waals surface area contributed by atoms with Crippen molar-refractivity contribution < 1.29 is 0 Å². The molecule has 1 heterocycles. The third-order valence-electron chi connectivity index (χ3n) is 2.12. The molecule has 16 heavy (non-hydrogen) atoms. The van der Waals surface area contributed by atoms with Crippen LogP contribution < -0.4 is 0 Å². The van der Waals surface area contributed by atoms with Gasteiger partial charge >= 0.3 is 0 Å². The maximum Gasteiger partial charge on any atom is 0.104 e. The third-order valence-corrected chi connectivity index (χ3v) is 4.18. The van der Waals surface area contributed by atoms with Crippen molar-refractivity contribution in [2.75, 3.05) is 0 Å². The van der Waals surface area contributed by atoms with Gasteiger partial charge in [-0.15, -0.1) is 0 Å². The number of hydrogen-bond acceptors (Lipinski definition) is 3. The second-order valence-corrected chi connectivity index (χ2v) is 6.21. The Balaban J connectivity index is 2.27. The standard InChI is InChI=1S/C11H6ClIN2S/c12-8-3-1-7(2-4-8)5-10-9(6-14)11(13)16-15-10/h1-4H,5H2. The highest BCUT2D eigenvalue weighted by molar-refractivity contribution is 14.1. The topological polar surface area (TPSA) is 36.7 Å². The normalized spacial score (nSPS) is 10.1. The fourth-order valence-electron chi connectivity index (χ4n) is 1.32. The summed E-state index contributed by atoms with van der Waals surface area (Å²) in [6.07, 6.45) is 0.680. The highest BCUT2D eigenvalue weighted by atomic mass is 127. The molecule has 1 aromatic carbocycles. The minimum Gasteiger partial charge on any atom is -0.195 e. The number of nitriles is 1. The summed E-state index contributed by atoms with van der Waals surface area (Å²) >= 11 is 9.32. The van der Waals surface area contributed by atoms with Crippen LogP contribution in [0.1, 0.15) is 16.8 Å². The Morgan fingerprint density at radius 3 is 2.69 bits per heavy atom. The zero-order valence-corrected chi connectivity index (χ0v) is 11.8. The molecular formula is C11H6ClIN2S. The molecule has 0 fully saturated rings. The average molecular weight is 361 g/mol. The van der Waals surface area contributed by atoms with Crippen molar-refractivity contribution in [3.05, 3.63) is 49.0 Å². The van der Waals surface area contributed by atoms with Crippen LogP contribution in [0.5, 0.6) is 0 Å². The molecular weight excluding hydrogens is 355 g/mol. The molecule has 0 spiro atoms. The van der Waals surface area contributed by atoms with Gasteiger partial charge in [-0.1, -0.05) is 23.7 Å². The molecule has 0 saturated carbocycles. The molecule has 0 aliphatic rings. The van der Waals surface area contributed by atoms with Crippen molar-refractivity contribution in [3.63, 3.8) is 0 Å². The van der Waals surface area contributed by atoms with Crippen molar-refractivity contribution in [3.8, 4) is 6.07 Å². The van der Waals surface area contributed by atoms with Gasteiger partial charge < -0.3 is 0 Å². The van der Waals surface area contributed by atoms with Gasteiger partial charge in [0.25, 0.3) is 0 Å². The van der Waals surface area contributed by atoms with E-state index in [1.165, 1.54) is 11.5 Å². The highest BCUT2D eigenvalue weighted by Gasteiger charge is 2.11. The Labute approximate surface area is 116 Å². The summed E-state index contributed by atoms with van der Waals surface area (Å²) < 4.78 is 5.23. The Hall–Kier alpha value is -0.640. The molecule has 5 heteroatoms. The largest absolute Gasteiger partial charge is 0.195 e. The van der Waals surface area contributed by atoms with Gasteiger partial charge in [0.15, 0.2) is 0 Å². The van der Waals surface area contributed by atoms with E-state index >= 15 is 0 Å². The Morgan fingerprint density at radius 1 is 1.38 bits per heavy atom. The van der Waals surface area contributed by atoms with Gasteiger partial charge in [-0.3, -0.25) is 0 Å². The van der Waals surface area contributed by atoms with Gasteiger partial charge in [0, 0.05) is 11.4 Å². The van der Waals surface area contributed by atoms with Crippen molar-refractivity contribution in [2.24, 2.45) is 0 Å². The molecule has 0 radical (unpaired) electrons. The molecule has 0 unspecified atom stereocenters. The zero-order chi connectivity index (χ0) is 11.5. The van der Waals surface area contributed by atoms with E-state index in [1.807, 2.05) is 24.3 Å². The van der Waals surface area contributed by atoms with E-state index in [4.69, 9.17) is 16.9 Å². The number of halogens is 2. The zero-order valence-electron chi connectivity index (χ0n) is 8.08. The van der Waals surface area contributed by atoms with Gasteiger partial charge in [-0.25, -0.2) is 0 Å². The third kappa shape index (κ3) is 2.54. The Kier molecular flexibility index (Phi) is 3.79. The Bertz CT molecular complexity index is 542. The first kappa shape index (κ1) is 11.8. The van der Waals surface area contributed by atoms with Gasteiger partial charge in [-0.05, 0) is 51.8 Å². The van der Waals surface area contributed by atoms with Crippen molar-refractivity contribution in [1.82, 2.24) is 4.37 Å². The smallest absolute Gasteiger partial charge is 0.104 e. The lowest BCUT2D eigenvalue weighted by Crippen LogP contribution is -1.91. The van der Waals surface area contributed by atoms with Crippen LogP contribution in [0.2, 0.25) is 5.02 Å². The summed E-state index contributed by atoms with van der Waals surface area (Å²) in [5.41, 5.74) is 2.65. The van der Waals surface area contributed by atoms with Crippen LogP contribution in [0.15, 0.2) is 24.3 Å². The molecule has 2 aromatic rings. The summed E-state index contributed by atoms with van der Waals surface area (Å²) in [6.45, 7) is 0.